The molecule has 13 unspecified atom stereocenters. The molecular formula is C53H89N3O37. The molecule has 0 aromatic carbocycles. The van der Waals surface area contributed by atoms with E-state index in [1.807, 2.05) is 0 Å². The molecule has 0 spiro atoms. The second-order valence-electron chi connectivity index (χ2n) is 23.8. The number of amides is 3. The lowest BCUT2D eigenvalue weighted by Crippen LogP contribution is -2.70. The summed E-state index contributed by atoms with van der Waals surface area (Å²) in [6, 6.07) is -4.72. The summed E-state index contributed by atoms with van der Waals surface area (Å²) in [7, 11) is 0. The van der Waals surface area contributed by atoms with Crippen LogP contribution in [-0.4, -0.2) is 382 Å². The molecule has 7 heterocycles. The fourth-order valence-corrected chi connectivity index (χ4v) is 12.2. The minimum absolute atomic E-state index is 0.161. The molecule has 0 radical (unpaired) electrons. The van der Waals surface area contributed by atoms with Crippen molar-refractivity contribution in [2.75, 3.05) is 46.2 Å². The van der Waals surface area contributed by atoms with Crippen molar-refractivity contribution in [3.8, 4) is 0 Å². The van der Waals surface area contributed by atoms with E-state index in [9.17, 15) is 116 Å². The van der Waals surface area contributed by atoms with Crippen LogP contribution in [0.2, 0.25) is 0 Å². The van der Waals surface area contributed by atoms with E-state index in [1.54, 1.807) is 0 Å². The minimum atomic E-state index is -2.60. The first-order chi connectivity index (χ1) is 43.9. The van der Waals surface area contributed by atoms with Crippen LogP contribution in [0.25, 0.3) is 0 Å². The molecule has 7 rings (SSSR count). The molecule has 0 aliphatic carbocycles. The number of carbonyl (C=O) groups excluding carboxylic acids is 4. The fourth-order valence-electron chi connectivity index (χ4n) is 12.2. The van der Waals surface area contributed by atoms with Gasteiger partial charge in [0.15, 0.2) is 31.5 Å². The van der Waals surface area contributed by atoms with Gasteiger partial charge in [-0.3, -0.25) is 19.2 Å². The molecule has 0 saturated carbocycles. The summed E-state index contributed by atoms with van der Waals surface area (Å²) in [4.78, 5) is 49.3. The van der Waals surface area contributed by atoms with Crippen LogP contribution in [0.5, 0.6) is 0 Å². The molecule has 7 saturated heterocycles. The Balaban J connectivity index is 1.10. The van der Waals surface area contributed by atoms with Crippen LogP contribution in [0.4, 0.5) is 0 Å². The third-order valence-electron chi connectivity index (χ3n) is 17.2. The van der Waals surface area contributed by atoms with Gasteiger partial charge in [-0.15, -0.1) is 0 Å². The quantitative estimate of drug-likeness (QED) is 0.0282. The van der Waals surface area contributed by atoms with Gasteiger partial charge in [0, 0.05) is 26.7 Å². The second kappa shape index (κ2) is 33.4. The van der Waals surface area contributed by atoms with Crippen LogP contribution >= 0.6 is 0 Å². The molecule has 0 aromatic heterocycles. The first-order valence-corrected chi connectivity index (χ1v) is 29.9. The molecule has 7 aliphatic heterocycles. The van der Waals surface area contributed by atoms with Crippen LogP contribution in [0.3, 0.4) is 0 Å². The summed E-state index contributed by atoms with van der Waals surface area (Å²) in [5.41, 5.74) is 0. The van der Waals surface area contributed by atoms with Crippen molar-refractivity contribution in [3.05, 3.63) is 0 Å². The number of nitrogens with one attached hydrogen (secondary N) is 3. The highest BCUT2D eigenvalue weighted by molar-refractivity contribution is 5.74. The highest BCUT2D eigenvalue weighted by atomic mass is 16.9. The van der Waals surface area contributed by atoms with Gasteiger partial charge in [-0.05, 0) is 6.92 Å². The molecule has 40 nitrogen and oxygen atoms in total. The lowest BCUT2D eigenvalue weighted by molar-refractivity contribution is -0.424. The van der Waals surface area contributed by atoms with Gasteiger partial charge in [0.05, 0.1) is 77.0 Å². The zero-order valence-corrected chi connectivity index (χ0v) is 50.8. The van der Waals surface area contributed by atoms with Crippen molar-refractivity contribution in [1.82, 2.24) is 16.0 Å². The topological polar surface area (TPSA) is 618 Å². The molecule has 36 atom stereocenters. The molecule has 3 amide bonds. The smallest absolute Gasteiger partial charge is 0.332 e. The van der Waals surface area contributed by atoms with Gasteiger partial charge in [-0.25, -0.2) is 0 Å². The monoisotopic (exact) mass is 1360 g/mol. The molecule has 22 N–H and O–H groups in total. The number of rotatable bonds is 26. The highest BCUT2D eigenvalue weighted by Gasteiger charge is 2.60. The largest absolute Gasteiger partial charge is 0.410 e. The lowest BCUT2D eigenvalue weighted by Gasteiger charge is -2.51. The van der Waals surface area contributed by atoms with Crippen LogP contribution in [-0.2, 0) is 85.5 Å². The first-order valence-electron chi connectivity index (χ1n) is 29.9. The van der Waals surface area contributed by atoms with Gasteiger partial charge in [0.2, 0.25) is 17.7 Å². The molecule has 7 fully saturated rings. The van der Waals surface area contributed by atoms with E-state index in [1.165, 1.54) is 20.8 Å². The van der Waals surface area contributed by atoms with Crippen molar-refractivity contribution >= 4 is 24.2 Å². The average Bonchev–Trinajstić information content (AvgIpc) is 0.849. The number of hydrogen-bond acceptors (Lipinski definition) is 37. The standard InChI is InChI=1S/C53H89N3O37/c1-15-20(67)6-53(81-14-63,93-42(15)31(69)21(68)7-57)80-13-27-33(71)38(76)40(78)50(87-27)89-44-25(11-61)86-49(30(37(44)75)56-19(5)66)92-47-39(77)32(70)22(8-58)84-52(47)91-46-34(72)23(9-59)83-51(41(46)79)90-45-26(12-62)85-48(29(36(45)74)55-18(4)65)88-43-24(10-60)82-16(2)28(35(43)73)54-17(3)64/h14-16,20-52,57-62,67-79H,6-13H2,1-5H3,(H,54,64)(H,55,65)(H,56,66)/t15-,16+,20-,21-,22-,23?,24?,25?,26?,27?,28?,29?,30?,31-,32-,33+,34-,35-,36-,37-,38+,39?,40?,41?,42?,43-,44-,45-,46+,47?,48+,49+,50+,51+,52-,53+/m1/s1. The first kappa shape index (κ1) is 77.0. The minimum Gasteiger partial charge on any atom is -0.410 e. The Morgan fingerprint density at radius 1 is 0.473 bits per heavy atom. The Morgan fingerprint density at radius 3 is 1.38 bits per heavy atom. The van der Waals surface area contributed by atoms with Crippen LogP contribution in [0, 0.1) is 5.92 Å². The predicted molar refractivity (Wildman–Crippen MR) is 290 cm³/mol. The fraction of sp³-hybridized carbons (Fsp3) is 0.925. The van der Waals surface area contributed by atoms with Crippen LogP contribution < -0.4 is 16.0 Å². The molecular weight excluding hydrogens is 1270 g/mol. The van der Waals surface area contributed by atoms with Crippen LogP contribution in [0.1, 0.15) is 41.0 Å². The number of aliphatic hydroxyl groups excluding tert-OH is 19. The Hall–Kier alpha value is -3.40. The van der Waals surface area contributed by atoms with E-state index >= 15 is 0 Å². The summed E-state index contributed by atoms with van der Waals surface area (Å²) in [5, 5.41) is 216. The van der Waals surface area contributed by atoms with Crippen LogP contribution in [0.15, 0.2) is 0 Å². The van der Waals surface area contributed by atoms with Crippen molar-refractivity contribution < 1.29 is 183 Å². The van der Waals surface area contributed by atoms with Crippen molar-refractivity contribution in [1.29, 1.82) is 0 Å². The summed E-state index contributed by atoms with van der Waals surface area (Å²) in [6.45, 7) is -1.08. The Labute approximate surface area is 529 Å². The molecule has 7 aliphatic rings. The number of carbonyl (C=O) groups is 4. The zero-order valence-electron chi connectivity index (χ0n) is 50.8. The maximum Gasteiger partial charge on any atom is 0.332 e. The SMILES string of the molecule is CC(=O)NC1[C@H](OC2C(O)[C@H](O)[C@@H](CO)O[C@@H]2O[C@@H]2C(O)[C@H](O[C@@H]3C(CO)O[C@@H](O[C@@H]4C(CO)O[C@@H](C)C(NC(C)=O)[C@H]4O)C(NC(C)=O)[C@H]3O)OC(CO)[C@H]2O)OC(CO)[C@@H](O[C@@H]2OC(CO[C@]3(OC=O)C[C@@H](O)[C@@H](C)C([C@H](O)[C@H](O)CO)O3)[C@H](O)[C@H](O)C2O)[C@@H]1O. The summed E-state index contributed by atoms with van der Waals surface area (Å²) in [6.07, 6.45) is -59.7. The molecule has 93 heavy (non-hydrogen) atoms. The average molecular weight is 1360 g/mol. The van der Waals surface area contributed by atoms with E-state index in [-0.39, 0.29) is 6.47 Å². The van der Waals surface area contributed by atoms with E-state index in [0.717, 1.165) is 13.8 Å². The predicted octanol–water partition coefficient (Wildman–Crippen LogP) is -14.2. The maximum absolute atomic E-state index is 12.9. The third-order valence-corrected chi connectivity index (χ3v) is 17.2. The van der Waals surface area contributed by atoms with E-state index in [0.29, 0.717) is 0 Å². The van der Waals surface area contributed by atoms with Gasteiger partial charge in [0.25, 0.3) is 6.47 Å². The van der Waals surface area contributed by atoms with Crippen molar-refractivity contribution in [3.63, 3.8) is 0 Å². The zero-order chi connectivity index (χ0) is 68.8. The molecule has 0 bridgehead atoms. The Kier molecular flexibility index (Phi) is 27.7. The van der Waals surface area contributed by atoms with E-state index in [4.69, 9.17) is 66.3 Å². The number of ether oxygens (including phenoxy) is 14. The molecule has 40 heteroatoms. The molecule has 0 aromatic rings. The maximum atomic E-state index is 12.9. The Bertz CT molecular complexity index is 2380. The van der Waals surface area contributed by atoms with Gasteiger partial charge in [-0.1, -0.05) is 6.92 Å². The number of aliphatic hydroxyl groups is 19. The number of hydrogen-bond donors (Lipinski definition) is 22. The third kappa shape index (κ3) is 17.2. The van der Waals surface area contributed by atoms with Crippen molar-refractivity contribution in [2.45, 2.75) is 255 Å². The summed E-state index contributed by atoms with van der Waals surface area (Å²) < 4.78 is 81.6. The summed E-state index contributed by atoms with van der Waals surface area (Å²) >= 11 is 0. The van der Waals surface area contributed by atoms with Gasteiger partial charge < -0.3 is 179 Å². The van der Waals surface area contributed by atoms with Crippen molar-refractivity contribution in [2.24, 2.45) is 5.92 Å². The summed E-state index contributed by atoms with van der Waals surface area (Å²) in [5.74, 6) is -5.88. The van der Waals surface area contributed by atoms with Gasteiger partial charge in [-0.2, -0.15) is 0 Å². The molecule has 538 valence electrons. The van der Waals surface area contributed by atoms with Gasteiger partial charge >= 0.3 is 5.97 Å². The normalized spacial score (nSPS) is 47.2. The lowest BCUT2D eigenvalue weighted by atomic mass is 9.87. The Morgan fingerprint density at radius 2 is 0.882 bits per heavy atom. The van der Waals surface area contributed by atoms with Gasteiger partial charge in [0.1, 0.15) is 152 Å². The van der Waals surface area contributed by atoms with E-state index < -0.39 is 291 Å². The van der Waals surface area contributed by atoms with E-state index in [2.05, 4.69) is 16.0 Å². The highest BCUT2D eigenvalue weighted by Crippen LogP contribution is 2.40. The second-order valence-corrected chi connectivity index (χ2v) is 23.8.